The molecule has 7 heteroatoms. The van der Waals surface area contributed by atoms with E-state index in [1.807, 2.05) is 0 Å². The maximum absolute atomic E-state index is 13.9. The summed E-state index contributed by atoms with van der Waals surface area (Å²) in [6.07, 6.45) is 7.03. The monoisotopic (exact) mass is 395 g/mol. The molecule has 3 aromatic rings. The third-order valence-electron chi connectivity index (χ3n) is 5.60. The van der Waals surface area contributed by atoms with Crippen LogP contribution < -0.4 is 0 Å². The van der Waals surface area contributed by atoms with Gasteiger partial charge in [-0.2, -0.15) is 5.10 Å². The van der Waals surface area contributed by atoms with Crippen molar-refractivity contribution in [2.45, 2.75) is 38.5 Å². The number of Topliss-reactive ketones (excluding diaryl/α,β-unsaturated/α-hetero) is 2. The molecule has 0 atom stereocenters. The number of carbonyl (C=O) groups is 2. The summed E-state index contributed by atoms with van der Waals surface area (Å²) in [7, 11) is 0. The Bertz CT molecular complexity index is 988. The van der Waals surface area contributed by atoms with Crippen LogP contribution >= 0.6 is 0 Å². The van der Waals surface area contributed by atoms with E-state index in [4.69, 9.17) is 4.52 Å². The molecule has 0 bridgehead atoms. The third kappa shape index (κ3) is 4.50. The fourth-order valence-electron chi connectivity index (χ4n) is 3.96. The number of hydrogen-bond acceptors (Lipinski definition) is 5. The molecular weight excluding hydrogens is 373 g/mol. The van der Waals surface area contributed by atoms with Crippen molar-refractivity contribution in [3.8, 4) is 5.69 Å². The Hall–Kier alpha value is -3.09. The summed E-state index contributed by atoms with van der Waals surface area (Å²) in [4.78, 5) is 24.8. The second-order valence-electron chi connectivity index (χ2n) is 7.58. The van der Waals surface area contributed by atoms with Crippen LogP contribution in [0.2, 0.25) is 0 Å². The fraction of sp³-hybridized carbons (Fsp3) is 0.364. The first-order valence-corrected chi connectivity index (χ1v) is 9.86. The molecule has 1 aliphatic carbocycles. The first-order valence-electron chi connectivity index (χ1n) is 9.86. The molecule has 1 aromatic carbocycles. The number of benzene rings is 1. The van der Waals surface area contributed by atoms with Crippen LogP contribution in [0.1, 0.15) is 48.3 Å². The standard InChI is InChI=1S/C22H22FN3O3/c23-18-3-1-2-4-20(18)26-11-9-17(24-26)14-21(27)16-7-5-15(6-8-16)13-22(28)19-10-12-29-25-19/h1-4,9-12,15-16H,5-8,13-14H2. The quantitative estimate of drug-likeness (QED) is 0.561. The molecule has 0 saturated heterocycles. The van der Waals surface area contributed by atoms with Gasteiger partial charge in [0.25, 0.3) is 0 Å². The van der Waals surface area contributed by atoms with Crippen LogP contribution in [0, 0.1) is 17.7 Å². The van der Waals surface area contributed by atoms with Crippen molar-refractivity contribution in [1.82, 2.24) is 14.9 Å². The van der Waals surface area contributed by atoms with Crippen LogP contribution in [0.5, 0.6) is 0 Å². The van der Waals surface area contributed by atoms with Gasteiger partial charge in [-0.05, 0) is 49.8 Å². The minimum absolute atomic E-state index is 0.00721. The largest absolute Gasteiger partial charge is 0.364 e. The number of hydrogen-bond donors (Lipinski definition) is 0. The van der Waals surface area contributed by atoms with Gasteiger partial charge in [-0.25, -0.2) is 9.07 Å². The van der Waals surface area contributed by atoms with Crippen molar-refractivity contribution in [3.05, 3.63) is 66.1 Å². The van der Waals surface area contributed by atoms with Crippen LogP contribution in [0.3, 0.4) is 0 Å². The lowest BCUT2D eigenvalue weighted by Gasteiger charge is -2.27. The lowest BCUT2D eigenvalue weighted by Crippen LogP contribution is -2.24. The Morgan fingerprint density at radius 3 is 2.62 bits per heavy atom. The Morgan fingerprint density at radius 1 is 1.10 bits per heavy atom. The summed E-state index contributed by atoms with van der Waals surface area (Å²) in [6, 6.07) is 9.74. The number of carbonyl (C=O) groups excluding carboxylic acids is 2. The van der Waals surface area contributed by atoms with Crippen molar-refractivity contribution in [2.24, 2.45) is 11.8 Å². The lowest BCUT2D eigenvalue weighted by atomic mass is 9.77. The summed E-state index contributed by atoms with van der Waals surface area (Å²) >= 11 is 0. The number of halogens is 1. The van der Waals surface area contributed by atoms with Gasteiger partial charge in [0.2, 0.25) is 0 Å². The number of rotatable bonds is 7. The zero-order valence-corrected chi connectivity index (χ0v) is 16.0. The number of aromatic nitrogens is 3. The van der Waals surface area contributed by atoms with Crippen molar-refractivity contribution < 1.29 is 18.5 Å². The van der Waals surface area contributed by atoms with Crippen LogP contribution in [-0.2, 0) is 11.2 Å². The molecule has 1 saturated carbocycles. The highest BCUT2D eigenvalue weighted by molar-refractivity contribution is 5.94. The normalized spacial score (nSPS) is 19.2. The van der Waals surface area contributed by atoms with E-state index in [0.717, 1.165) is 25.7 Å². The molecule has 2 heterocycles. The van der Waals surface area contributed by atoms with E-state index in [1.54, 1.807) is 36.5 Å². The Balaban J connectivity index is 1.29. The Kier molecular flexibility index (Phi) is 5.64. The van der Waals surface area contributed by atoms with Crippen LogP contribution in [0.25, 0.3) is 5.69 Å². The van der Waals surface area contributed by atoms with Crippen LogP contribution in [-0.4, -0.2) is 26.5 Å². The topological polar surface area (TPSA) is 78.0 Å². The maximum Gasteiger partial charge on any atom is 0.184 e. The van der Waals surface area contributed by atoms with E-state index < -0.39 is 0 Å². The molecule has 150 valence electrons. The van der Waals surface area contributed by atoms with Crippen LogP contribution in [0.15, 0.2) is 53.4 Å². The van der Waals surface area contributed by atoms with Gasteiger partial charge in [0.15, 0.2) is 5.78 Å². The van der Waals surface area contributed by atoms with E-state index in [-0.39, 0.29) is 35.6 Å². The molecule has 4 rings (SSSR count). The van der Waals surface area contributed by atoms with Crippen molar-refractivity contribution in [1.29, 1.82) is 0 Å². The van der Waals surface area contributed by atoms with Crippen molar-refractivity contribution in [2.75, 3.05) is 0 Å². The number of nitrogens with zero attached hydrogens (tertiary/aromatic N) is 3. The summed E-state index contributed by atoms with van der Waals surface area (Å²) in [5.74, 6) is 0.0692. The van der Waals surface area contributed by atoms with Crippen molar-refractivity contribution >= 4 is 11.6 Å². The Morgan fingerprint density at radius 2 is 1.90 bits per heavy atom. The van der Waals surface area contributed by atoms with Crippen molar-refractivity contribution in [3.63, 3.8) is 0 Å². The fourth-order valence-corrected chi connectivity index (χ4v) is 3.96. The van der Waals surface area contributed by atoms with E-state index in [0.29, 0.717) is 23.5 Å². The van der Waals surface area contributed by atoms with Crippen LogP contribution in [0.4, 0.5) is 4.39 Å². The first-order chi connectivity index (χ1) is 14.1. The van der Waals surface area contributed by atoms with E-state index in [1.165, 1.54) is 17.0 Å². The highest BCUT2D eigenvalue weighted by Crippen LogP contribution is 2.32. The van der Waals surface area contributed by atoms with Gasteiger partial charge in [-0.3, -0.25) is 9.59 Å². The van der Waals surface area contributed by atoms with Gasteiger partial charge >= 0.3 is 0 Å². The maximum atomic E-state index is 13.9. The molecule has 0 aliphatic heterocycles. The smallest absolute Gasteiger partial charge is 0.184 e. The molecule has 6 nitrogen and oxygen atoms in total. The summed E-state index contributed by atoms with van der Waals surface area (Å²) in [5, 5.41) is 8.04. The molecule has 0 N–H and O–H groups in total. The molecule has 2 aromatic heterocycles. The van der Waals surface area contributed by atoms with E-state index in [9.17, 15) is 14.0 Å². The van der Waals surface area contributed by atoms with Gasteiger partial charge in [0.05, 0.1) is 12.1 Å². The number of ketones is 2. The molecule has 0 radical (unpaired) electrons. The molecular formula is C22H22FN3O3. The lowest BCUT2D eigenvalue weighted by molar-refractivity contribution is -0.123. The van der Waals surface area contributed by atoms with Gasteiger partial charge in [-0.15, -0.1) is 0 Å². The molecule has 1 fully saturated rings. The summed E-state index contributed by atoms with van der Waals surface area (Å²) in [5.41, 5.74) is 1.37. The number of para-hydroxylation sites is 1. The average molecular weight is 395 g/mol. The van der Waals surface area contributed by atoms with E-state index >= 15 is 0 Å². The second-order valence-corrected chi connectivity index (χ2v) is 7.58. The highest BCUT2D eigenvalue weighted by Gasteiger charge is 2.28. The molecule has 29 heavy (non-hydrogen) atoms. The summed E-state index contributed by atoms with van der Waals surface area (Å²) in [6.45, 7) is 0. The highest BCUT2D eigenvalue weighted by atomic mass is 19.1. The second kappa shape index (κ2) is 8.51. The predicted octanol–water partition coefficient (Wildman–Crippen LogP) is 4.19. The predicted molar refractivity (Wildman–Crippen MR) is 103 cm³/mol. The molecule has 0 spiro atoms. The van der Waals surface area contributed by atoms with Gasteiger partial charge in [0, 0.05) is 24.6 Å². The van der Waals surface area contributed by atoms with Gasteiger partial charge in [-0.1, -0.05) is 17.3 Å². The third-order valence-corrected chi connectivity index (χ3v) is 5.60. The average Bonchev–Trinajstić information content (AvgIpc) is 3.41. The van der Waals surface area contributed by atoms with Gasteiger partial charge in [0.1, 0.15) is 29.2 Å². The Labute approximate surface area is 167 Å². The molecule has 1 aliphatic rings. The van der Waals surface area contributed by atoms with Gasteiger partial charge < -0.3 is 4.52 Å². The SMILES string of the molecule is O=C(CC1CCC(C(=O)Cc2ccn(-c3ccccc3F)n2)CC1)c1ccon1. The van der Waals surface area contributed by atoms with E-state index in [2.05, 4.69) is 10.3 Å². The summed E-state index contributed by atoms with van der Waals surface area (Å²) < 4.78 is 20.1. The zero-order valence-electron chi connectivity index (χ0n) is 16.0. The molecule has 0 amide bonds. The molecule has 0 unspecified atom stereocenters. The minimum Gasteiger partial charge on any atom is -0.364 e. The zero-order chi connectivity index (χ0) is 20.2. The first kappa shape index (κ1) is 19.2. The minimum atomic E-state index is -0.355.